The second-order valence-electron chi connectivity index (χ2n) is 5.26. The van der Waals surface area contributed by atoms with Crippen LogP contribution in [0.25, 0.3) is 0 Å². The molecule has 1 aromatic carbocycles. The van der Waals surface area contributed by atoms with Gasteiger partial charge in [0.05, 0.1) is 5.56 Å². The number of amidine groups is 1. The largest absolute Gasteiger partial charge is 0.409 e. The molecule has 3 N–H and O–H groups in total. The van der Waals surface area contributed by atoms with Crippen LogP contribution in [-0.2, 0) is 0 Å². The van der Waals surface area contributed by atoms with Crippen molar-refractivity contribution in [1.29, 1.82) is 0 Å². The van der Waals surface area contributed by atoms with E-state index in [1.807, 2.05) is 18.2 Å². The maximum absolute atomic E-state index is 8.98. The first-order valence-corrected chi connectivity index (χ1v) is 7.51. The lowest BCUT2D eigenvalue weighted by Crippen LogP contribution is -2.42. The van der Waals surface area contributed by atoms with Crippen LogP contribution in [0.4, 0.5) is 5.69 Å². The summed E-state index contributed by atoms with van der Waals surface area (Å²) in [5, 5.41) is 12.1. The summed E-state index contributed by atoms with van der Waals surface area (Å²) in [5.41, 5.74) is 7.56. The molecule has 1 heterocycles. The topological polar surface area (TPSA) is 65.1 Å². The number of hydrogen-bond acceptors (Lipinski definition) is 4. The van der Waals surface area contributed by atoms with Gasteiger partial charge < -0.3 is 20.7 Å². The number of rotatable bonds is 3. The highest BCUT2D eigenvalue weighted by Crippen LogP contribution is 2.30. The summed E-state index contributed by atoms with van der Waals surface area (Å²) in [6.45, 7) is 2.20. The van der Waals surface area contributed by atoms with Crippen molar-refractivity contribution in [3.63, 3.8) is 0 Å². The minimum atomic E-state index is 0.132. The van der Waals surface area contributed by atoms with E-state index in [1.54, 1.807) is 0 Å². The molecule has 0 aliphatic carbocycles. The van der Waals surface area contributed by atoms with Crippen molar-refractivity contribution in [3.8, 4) is 0 Å². The summed E-state index contributed by atoms with van der Waals surface area (Å²) in [4.78, 5) is 4.58. The van der Waals surface area contributed by atoms with Gasteiger partial charge in [-0.15, -0.1) is 0 Å². The highest BCUT2D eigenvalue weighted by molar-refractivity contribution is 9.10. The monoisotopic (exact) mass is 340 g/mol. The van der Waals surface area contributed by atoms with Crippen LogP contribution < -0.4 is 10.6 Å². The van der Waals surface area contributed by atoms with E-state index in [-0.39, 0.29) is 5.84 Å². The zero-order valence-electron chi connectivity index (χ0n) is 11.9. The number of anilines is 1. The molecular formula is C14H21BrN4O. The number of nitrogens with zero attached hydrogens (tertiary/aromatic N) is 3. The SMILES string of the molecule is CN1CCC(N(C)c2cccc(Br)c2/C(N)=N/O)CC1. The van der Waals surface area contributed by atoms with Crippen molar-refractivity contribution >= 4 is 27.5 Å². The van der Waals surface area contributed by atoms with E-state index >= 15 is 0 Å². The van der Waals surface area contributed by atoms with Gasteiger partial charge in [-0.1, -0.05) is 11.2 Å². The zero-order chi connectivity index (χ0) is 14.7. The number of hydrogen-bond donors (Lipinski definition) is 2. The Kier molecular flexibility index (Phi) is 4.88. The molecule has 1 aliphatic rings. The summed E-state index contributed by atoms with van der Waals surface area (Å²) in [6, 6.07) is 6.36. The Balaban J connectivity index is 2.30. The Morgan fingerprint density at radius 3 is 2.70 bits per heavy atom. The van der Waals surface area contributed by atoms with Gasteiger partial charge in [-0.25, -0.2) is 0 Å². The molecule has 5 nitrogen and oxygen atoms in total. The van der Waals surface area contributed by atoms with Gasteiger partial charge in [0.2, 0.25) is 0 Å². The molecule has 1 saturated heterocycles. The van der Waals surface area contributed by atoms with Gasteiger partial charge in [-0.05, 0) is 61.0 Å². The average Bonchev–Trinajstić information content (AvgIpc) is 2.46. The minimum Gasteiger partial charge on any atom is -0.409 e. The molecule has 110 valence electrons. The molecule has 0 spiro atoms. The Morgan fingerprint density at radius 2 is 2.10 bits per heavy atom. The molecule has 0 amide bonds. The number of piperidine rings is 1. The van der Waals surface area contributed by atoms with Gasteiger partial charge in [0.25, 0.3) is 0 Å². The summed E-state index contributed by atoms with van der Waals surface area (Å²) in [6.07, 6.45) is 2.24. The number of likely N-dealkylation sites (tertiary alicyclic amines) is 1. The molecule has 1 aliphatic heterocycles. The highest BCUT2D eigenvalue weighted by atomic mass is 79.9. The van der Waals surface area contributed by atoms with Crippen molar-refractivity contribution < 1.29 is 5.21 Å². The molecule has 0 aromatic heterocycles. The molecule has 6 heteroatoms. The summed E-state index contributed by atoms with van der Waals surface area (Å²) < 4.78 is 0.838. The van der Waals surface area contributed by atoms with E-state index in [9.17, 15) is 0 Å². The zero-order valence-corrected chi connectivity index (χ0v) is 13.5. The van der Waals surface area contributed by atoms with Crippen LogP contribution in [0.5, 0.6) is 0 Å². The molecule has 0 atom stereocenters. The van der Waals surface area contributed by atoms with E-state index in [2.05, 4.69) is 45.0 Å². The van der Waals surface area contributed by atoms with E-state index in [0.717, 1.165) is 41.7 Å². The predicted octanol–water partition coefficient (Wildman–Crippen LogP) is 2.07. The van der Waals surface area contributed by atoms with E-state index in [1.165, 1.54) is 0 Å². The minimum absolute atomic E-state index is 0.132. The maximum Gasteiger partial charge on any atom is 0.173 e. The van der Waals surface area contributed by atoms with Crippen LogP contribution in [0.2, 0.25) is 0 Å². The Morgan fingerprint density at radius 1 is 1.45 bits per heavy atom. The molecule has 0 bridgehead atoms. The Bertz CT molecular complexity index is 498. The van der Waals surface area contributed by atoms with Crippen molar-refractivity contribution in [1.82, 2.24) is 4.90 Å². The first kappa shape index (κ1) is 15.1. The first-order valence-electron chi connectivity index (χ1n) is 6.72. The highest BCUT2D eigenvalue weighted by Gasteiger charge is 2.23. The molecule has 1 aromatic rings. The van der Waals surface area contributed by atoms with Gasteiger partial charge in [-0.3, -0.25) is 0 Å². The number of oxime groups is 1. The summed E-state index contributed by atoms with van der Waals surface area (Å²) in [5.74, 6) is 0.132. The Labute approximate surface area is 128 Å². The lowest BCUT2D eigenvalue weighted by molar-refractivity contribution is 0.253. The number of halogens is 1. The lowest BCUT2D eigenvalue weighted by atomic mass is 10.0. The summed E-state index contributed by atoms with van der Waals surface area (Å²) >= 11 is 3.48. The third kappa shape index (κ3) is 3.07. The number of nitrogens with two attached hydrogens (primary N) is 1. The van der Waals surface area contributed by atoms with E-state index in [4.69, 9.17) is 10.9 Å². The second kappa shape index (κ2) is 6.45. The molecule has 2 rings (SSSR count). The van der Waals surface area contributed by atoms with Crippen LogP contribution in [0.3, 0.4) is 0 Å². The normalized spacial score (nSPS) is 18.2. The predicted molar refractivity (Wildman–Crippen MR) is 85.6 cm³/mol. The van der Waals surface area contributed by atoms with Crippen LogP contribution in [0.15, 0.2) is 27.8 Å². The van der Waals surface area contributed by atoms with Crippen molar-refractivity contribution in [3.05, 3.63) is 28.2 Å². The molecule has 1 fully saturated rings. The standard InChI is InChI=1S/C14H21BrN4O/c1-18-8-6-10(7-9-18)19(2)12-5-3-4-11(15)13(12)14(16)17-20/h3-5,10,20H,6-9H2,1-2H3,(H2,16,17). The van der Waals surface area contributed by atoms with E-state index in [0.29, 0.717) is 6.04 Å². The third-order valence-corrected chi connectivity index (χ3v) is 4.63. The van der Waals surface area contributed by atoms with E-state index < -0.39 is 0 Å². The summed E-state index contributed by atoms with van der Waals surface area (Å²) in [7, 11) is 4.23. The fourth-order valence-corrected chi connectivity index (χ4v) is 3.25. The van der Waals surface area contributed by atoms with Crippen molar-refractivity contribution in [2.24, 2.45) is 10.9 Å². The van der Waals surface area contributed by atoms with Crippen molar-refractivity contribution in [2.75, 3.05) is 32.1 Å². The van der Waals surface area contributed by atoms with Gasteiger partial charge >= 0.3 is 0 Å². The molecule has 0 radical (unpaired) electrons. The maximum atomic E-state index is 8.98. The molecule has 0 unspecified atom stereocenters. The molecule has 20 heavy (non-hydrogen) atoms. The van der Waals surface area contributed by atoms with Gasteiger partial charge in [0.1, 0.15) is 0 Å². The average molecular weight is 341 g/mol. The van der Waals surface area contributed by atoms with Crippen LogP contribution >= 0.6 is 15.9 Å². The van der Waals surface area contributed by atoms with Gasteiger partial charge in [0, 0.05) is 23.2 Å². The fraction of sp³-hybridized carbons (Fsp3) is 0.500. The van der Waals surface area contributed by atoms with Crippen molar-refractivity contribution in [2.45, 2.75) is 18.9 Å². The van der Waals surface area contributed by atoms with Gasteiger partial charge in [-0.2, -0.15) is 0 Å². The second-order valence-corrected chi connectivity index (χ2v) is 6.12. The molecular weight excluding hydrogens is 320 g/mol. The number of benzene rings is 1. The van der Waals surface area contributed by atoms with Crippen LogP contribution in [0, 0.1) is 0 Å². The van der Waals surface area contributed by atoms with Crippen LogP contribution in [0.1, 0.15) is 18.4 Å². The third-order valence-electron chi connectivity index (χ3n) is 3.97. The first-order chi connectivity index (χ1) is 9.54. The molecule has 0 saturated carbocycles. The lowest BCUT2D eigenvalue weighted by Gasteiger charge is -2.37. The smallest absolute Gasteiger partial charge is 0.173 e. The van der Waals surface area contributed by atoms with Gasteiger partial charge in [0.15, 0.2) is 5.84 Å². The fourth-order valence-electron chi connectivity index (χ4n) is 2.69. The Hall–Kier alpha value is -1.27. The van der Waals surface area contributed by atoms with Crippen LogP contribution in [-0.4, -0.2) is 49.2 Å². The quantitative estimate of drug-likeness (QED) is 0.382.